The minimum atomic E-state index is -0.284. The lowest BCUT2D eigenvalue weighted by atomic mass is 9.92. The first kappa shape index (κ1) is 17.3. The molecule has 0 aliphatic heterocycles. The summed E-state index contributed by atoms with van der Waals surface area (Å²) >= 11 is 0. The van der Waals surface area contributed by atoms with Gasteiger partial charge in [-0.2, -0.15) is 0 Å². The fourth-order valence-electron chi connectivity index (χ4n) is 3.49. The van der Waals surface area contributed by atoms with E-state index < -0.39 is 0 Å². The Balaban J connectivity index is 1.72. The number of aromatic nitrogens is 1. The molecule has 0 spiro atoms. The van der Waals surface area contributed by atoms with Gasteiger partial charge >= 0.3 is 0 Å². The number of hydrogen-bond acceptors (Lipinski definition) is 1. The molecule has 0 fully saturated rings. The van der Waals surface area contributed by atoms with E-state index in [9.17, 15) is 4.79 Å². The van der Waals surface area contributed by atoms with Gasteiger partial charge < -0.3 is 9.88 Å². The van der Waals surface area contributed by atoms with Crippen LogP contribution in [0.1, 0.15) is 30.5 Å². The SMILES string of the molecule is Cc1ccccc1CC(C)(C)NC(=O)Cc1cn(C)c2ccccc12. The summed E-state index contributed by atoms with van der Waals surface area (Å²) in [5, 5.41) is 4.36. The number of fused-ring (bicyclic) bond motifs is 1. The Morgan fingerprint density at radius 1 is 1.04 bits per heavy atom. The summed E-state index contributed by atoms with van der Waals surface area (Å²) in [4.78, 5) is 12.6. The van der Waals surface area contributed by atoms with Crippen LogP contribution >= 0.6 is 0 Å². The molecule has 3 heteroatoms. The summed E-state index contributed by atoms with van der Waals surface area (Å²) < 4.78 is 2.08. The van der Waals surface area contributed by atoms with Gasteiger partial charge in [0.15, 0.2) is 0 Å². The van der Waals surface area contributed by atoms with Gasteiger partial charge in [0.2, 0.25) is 5.91 Å². The van der Waals surface area contributed by atoms with Gasteiger partial charge in [0, 0.05) is 29.7 Å². The van der Waals surface area contributed by atoms with Gasteiger partial charge in [0.1, 0.15) is 0 Å². The lowest BCUT2D eigenvalue weighted by Crippen LogP contribution is -2.45. The zero-order chi connectivity index (χ0) is 18.0. The molecular formula is C22H26N2O. The van der Waals surface area contributed by atoms with Crippen LogP contribution < -0.4 is 5.32 Å². The molecular weight excluding hydrogens is 308 g/mol. The molecule has 0 saturated heterocycles. The van der Waals surface area contributed by atoms with Crippen molar-refractivity contribution < 1.29 is 4.79 Å². The molecule has 1 heterocycles. The zero-order valence-corrected chi connectivity index (χ0v) is 15.5. The second-order valence-corrected chi connectivity index (χ2v) is 7.49. The monoisotopic (exact) mass is 334 g/mol. The summed E-state index contributed by atoms with van der Waals surface area (Å²) in [6.45, 7) is 6.28. The van der Waals surface area contributed by atoms with Gasteiger partial charge in [0.05, 0.1) is 6.42 Å². The van der Waals surface area contributed by atoms with Crippen LogP contribution in [0.15, 0.2) is 54.7 Å². The topological polar surface area (TPSA) is 34.0 Å². The van der Waals surface area contributed by atoms with Crippen molar-refractivity contribution >= 4 is 16.8 Å². The fraction of sp³-hybridized carbons (Fsp3) is 0.318. The number of nitrogens with zero attached hydrogens (tertiary/aromatic N) is 1. The van der Waals surface area contributed by atoms with E-state index in [1.54, 1.807) is 0 Å². The highest BCUT2D eigenvalue weighted by Crippen LogP contribution is 2.21. The van der Waals surface area contributed by atoms with Crippen molar-refractivity contribution in [3.05, 3.63) is 71.4 Å². The van der Waals surface area contributed by atoms with Gasteiger partial charge in [-0.05, 0) is 49.9 Å². The van der Waals surface area contributed by atoms with Gasteiger partial charge in [0.25, 0.3) is 0 Å². The number of aryl methyl sites for hydroxylation is 2. The number of nitrogens with one attached hydrogen (secondary N) is 1. The number of hydrogen-bond donors (Lipinski definition) is 1. The number of carbonyl (C=O) groups excluding carboxylic acids is 1. The van der Waals surface area contributed by atoms with Gasteiger partial charge in [-0.25, -0.2) is 0 Å². The first-order chi connectivity index (χ1) is 11.9. The maximum Gasteiger partial charge on any atom is 0.224 e. The molecule has 0 saturated carbocycles. The van der Waals surface area contributed by atoms with E-state index in [1.807, 2.05) is 25.2 Å². The number of para-hydroxylation sites is 1. The van der Waals surface area contributed by atoms with E-state index in [1.165, 1.54) is 11.1 Å². The smallest absolute Gasteiger partial charge is 0.224 e. The highest BCUT2D eigenvalue weighted by atomic mass is 16.1. The minimum Gasteiger partial charge on any atom is -0.351 e. The zero-order valence-electron chi connectivity index (χ0n) is 15.5. The fourth-order valence-corrected chi connectivity index (χ4v) is 3.49. The Morgan fingerprint density at radius 2 is 1.72 bits per heavy atom. The van der Waals surface area contributed by atoms with Gasteiger partial charge in [-0.1, -0.05) is 42.5 Å². The molecule has 130 valence electrons. The van der Waals surface area contributed by atoms with Crippen LogP contribution in [0.4, 0.5) is 0 Å². The summed E-state index contributed by atoms with van der Waals surface area (Å²) in [5.41, 5.74) is 4.48. The van der Waals surface area contributed by atoms with Gasteiger partial charge in [-0.15, -0.1) is 0 Å². The first-order valence-electron chi connectivity index (χ1n) is 8.74. The molecule has 0 aliphatic carbocycles. The third-order valence-electron chi connectivity index (χ3n) is 4.70. The summed E-state index contributed by atoms with van der Waals surface area (Å²) in [7, 11) is 2.02. The summed E-state index contributed by atoms with van der Waals surface area (Å²) in [5.74, 6) is 0.0648. The van der Waals surface area contributed by atoms with Crippen molar-refractivity contribution in [2.24, 2.45) is 7.05 Å². The van der Waals surface area contributed by atoms with E-state index in [-0.39, 0.29) is 11.4 Å². The third kappa shape index (κ3) is 3.93. The third-order valence-corrected chi connectivity index (χ3v) is 4.70. The molecule has 0 bridgehead atoms. The Morgan fingerprint density at radius 3 is 2.48 bits per heavy atom. The first-order valence-corrected chi connectivity index (χ1v) is 8.74. The molecule has 0 atom stereocenters. The van der Waals surface area contributed by atoms with E-state index in [4.69, 9.17) is 0 Å². The largest absolute Gasteiger partial charge is 0.351 e. The van der Waals surface area contributed by atoms with Crippen LogP contribution in [0, 0.1) is 6.92 Å². The Bertz CT molecular complexity index is 905. The average molecular weight is 334 g/mol. The highest BCUT2D eigenvalue weighted by Gasteiger charge is 2.22. The average Bonchev–Trinajstić information content (AvgIpc) is 2.85. The van der Waals surface area contributed by atoms with Crippen LogP contribution in [-0.2, 0) is 24.7 Å². The number of rotatable bonds is 5. The molecule has 1 amide bonds. The predicted molar refractivity (Wildman–Crippen MR) is 104 cm³/mol. The highest BCUT2D eigenvalue weighted by molar-refractivity contribution is 5.89. The lowest BCUT2D eigenvalue weighted by molar-refractivity contribution is -0.122. The Labute approximate surface area is 149 Å². The van der Waals surface area contributed by atoms with Crippen molar-refractivity contribution in [3.8, 4) is 0 Å². The Hall–Kier alpha value is -2.55. The quantitative estimate of drug-likeness (QED) is 0.747. The summed E-state index contributed by atoms with van der Waals surface area (Å²) in [6, 6.07) is 16.6. The summed E-state index contributed by atoms with van der Waals surface area (Å²) in [6.07, 6.45) is 3.28. The number of amides is 1. The normalized spacial score (nSPS) is 11.7. The van der Waals surface area contributed by atoms with Crippen LogP contribution in [-0.4, -0.2) is 16.0 Å². The maximum atomic E-state index is 12.6. The van der Waals surface area contributed by atoms with E-state index in [0.717, 1.165) is 22.9 Å². The number of benzene rings is 2. The molecule has 0 unspecified atom stereocenters. The maximum absolute atomic E-state index is 12.6. The lowest BCUT2D eigenvalue weighted by Gasteiger charge is -2.27. The van der Waals surface area contributed by atoms with Crippen molar-refractivity contribution in [3.63, 3.8) is 0 Å². The molecule has 0 aliphatic rings. The van der Waals surface area contributed by atoms with Crippen molar-refractivity contribution in [1.82, 2.24) is 9.88 Å². The minimum absolute atomic E-state index is 0.0648. The van der Waals surface area contributed by atoms with Crippen LogP contribution in [0.3, 0.4) is 0 Å². The standard InChI is InChI=1S/C22H26N2O/c1-16-9-5-6-10-17(16)14-22(2,3)23-21(25)13-18-15-24(4)20-12-8-7-11-19(18)20/h5-12,15H,13-14H2,1-4H3,(H,23,25). The second-order valence-electron chi connectivity index (χ2n) is 7.49. The van der Waals surface area contributed by atoms with E-state index >= 15 is 0 Å². The molecule has 1 aromatic heterocycles. The van der Waals surface area contributed by atoms with E-state index in [0.29, 0.717) is 6.42 Å². The molecule has 3 nitrogen and oxygen atoms in total. The van der Waals surface area contributed by atoms with Gasteiger partial charge in [-0.3, -0.25) is 4.79 Å². The number of carbonyl (C=O) groups is 1. The van der Waals surface area contributed by atoms with Crippen LogP contribution in [0.2, 0.25) is 0 Å². The van der Waals surface area contributed by atoms with Crippen molar-refractivity contribution in [2.45, 2.75) is 39.2 Å². The Kier molecular flexibility index (Phi) is 4.67. The second kappa shape index (κ2) is 6.75. The predicted octanol–water partition coefficient (Wildman–Crippen LogP) is 4.17. The molecule has 1 N–H and O–H groups in total. The molecule has 2 aromatic carbocycles. The van der Waals surface area contributed by atoms with Crippen LogP contribution in [0.25, 0.3) is 10.9 Å². The molecule has 0 radical (unpaired) electrons. The van der Waals surface area contributed by atoms with E-state index in [2.05, 4.69) is 67.2 Å². The molecule has 3 aromatic rings. The van der Waals surface area contributed by atoms with Crippen molar-refractivity contribution in [2.75, 3.05) is 0 Å². The van der Waals surface area contributed by atoms with Crippen molar-refractivity contribution in [1.29, 1.82) is 0 Å². The van der Waals surface area contributed by atoms with Crippen LogP contribution in [0.5, 0.6) is 0 Å². The molecule has 25 heavy (non-hydrogen) atoms. The molecule has 3 rings (SSSR count).